The van der Waals surface area contributed by atoms with E-state index in [9.17, 15) is 19.5 Å². The molecule has 0 radical (unpaired) electrons. The molecule has 2 aliphatic rings. The number of nitrogens with zero attached hydrogens (tertiary/aromatic N) is 5. The monoisotopic (exact) mass is 561 g/mol. The Kier molecular flexibility index (Phi) is 7.04. The third kappa shape index (κ3) is 4.61. The van der Waals surface area contributed by atoms with Crippen molar-refractivity contribution in [3.05, 3.63) is 108 Å². The molecular formula is C33H31N5O4. The minimum atomic E-state index is -1.20. The Bertz CT molecular complexity index is 1650. The summed E-state index contributed by atoms with van der Waals surface area (Å²) in [4.78, 5) is 54.1. The van der Waals surface area contributed by atoms with Gasteiger partial charge in [0.1, 0.15) is 11.4 Å². The molecular weight excluding hydrogens is 530 g/mol. The van der Waals surface area contributed by atoms with Crippen molar-refractivity contribution in [2.24, 2.45) is 0 Å². The molecule has 3 amide bonds. The van der Waals surface area contributed by atoms with Crippen LogP contribution in [0.3, 0.4) is 0 Å². The number of carbonyl (C=O) groups is 3. The van der Waals surface area contributed by atoms with Gasteiger partial charge in [0.25, 0.3) is 5.91 Å². The Morgan fingerprint density at radius 2 is 1.57 bits per heavy atom. The van der Waals surface area contributed by atoms with Gasteiger partial charge in [0.2, 0.25) is 0 Å². The number of pyridine rings is 2. The quantitative estimate of drug-likeness (QED) is 0.300. The molecule has 4 aromatic rings. The molecule has 2 aliphatic heterocycles. The van der Waals surface area contributed by atoms with E-state index in [1.54, 1.807) is 18.3 Å². The number of hydrogen-bond donors (Lipinski definition) is 1. The Morgan fingerprint density at radius 1 is 0.881 bits per heavy atom. The lowest BCUT2D eigenvalue weighted by atomic mass is 9.84. The lowest BCUT2D eigenvalue weighted by Crippen LogP contribution is -2.57. The molecule has 0 saturated carbocycles. The standard InChI is InChI=1S/C33H31N5O4/c1-22-7-6-17-35-29(22)23(2)36-19-15-33(16-20-36)31(41)37(27-12-10-25(11-13-27)24-8-4-3-5-9-24)32(42)38(33)28-21-26(30(39)40)14-18-34-28/h3-14,17-18,21,23H,15-16,19-20H2,1-2H3,(H,39,40). The number of aromatic carboxylic acids is 1. The summed E-state index contributed by atoms with van der Waals surface area (Å²) in [5.41, 5.74) is 3.33. The second-order valence-corrected chi connectivity index (χ2v) is 10.8. The Morgan fingerprint density at radius 3 is 2.24 bits per heavy atom. The van der Waals surface area contributed by atoms with E-state index in [0.29, 0.717) is 31.6 Å². The first-order valence-electron chi connectivity index (χ1n) is 14.0. The number of rotatable bonds is 6. The molecule has 1 unspecified atom stereocenters. The van der Waals surface area contributed by atoms with E-state index >= 15 is 0 Å². The van der Waals surface area contributed by atoms with E-state index in [1.165, 1.54) is 28.1 Å². The molecule has 2 fully saturated rings. The molecule has 9 nitrogen and oxygen atoms in total. The lowest BCUT2D eigenvalue weighted by Gasteiger charge is -2.43. The van der Waals surface area contributed by atoms with Crippen LogP contribution in [-0.4, -0.2) is 56.5 Å². The predicted octanol–water partition coefficient (Wildman–Crippen LogP) is 5.72. The third-order valence-corrected chi connectivity index (χ3v) is 8.48. The van der Waals surface area contributed by atoms with Gasteiger partial charge in [-0.1, -0.05) is 48.5 Å². The molecule has 2 aromatic heterocycles. The summed E-state index contributed by atoms with van der Waals surface area (Å²) >= 11 is 0. The highest BCUT2D eigenvalue weighted by Crippen LogP contribution is 2.43. The van der Waals surface area contributed by atoms with Gasteiger partial charge >= 0.3 is 12.0 Å². The van der Waals surface area contributed by atoms with E-state index in [4.69, 9.17) is 0 Å². The van der Waals surface area contributed by atoms with Crippen molar-refractivity contribution in [3.8, 4) is 11.1 Å². The highest BCUT2D eigenvalue weighted by atomic mass is 16.4. The van der Waals surface area contributed by atoms with E-state index in [-0.39, 0.29) is 23.3 Å². The van der Waals surface area contributed by atoms with Gasteiger partial charge < -0.3 is 5.11 Å². The summed E-state index contributed by atoms with van der Waals surface area (Å²) in [5, 5.41) is 9.63. The number of piperidine rings is 1. The van der Waals surface area contributed by atoms with Crippen molar-refractivity contribution in [1.29, 1.82) is 0 Å². The highest BCUT2D eigenvalue weighted by molar-refractivity contribution is 6.30. The van der Waals surface area contributed by atoms with E-state index < -0.39 is 17.5 Å². The van der Waals surface area contributed by atoms with Gasteiger partial charge in [-0.05, 0) is 73.7 Å². The summed E-state index contributed by atoms with van der Waals surface area (Å²) in [7, 11) is 0. The first-order valence-corrected chi connectivity index (χ1v) is 14.0. The van der Waals surface area contributed by atoms with Crippen LogP contribution < -0.4 is 9.80 Å². The zero-order valence-electron chi connectivity index (χ0n) is 23.5. The molecule has 2 saturated heterocycles. The van der Waals surface area contributed by atoms with Crippen LogP contribution in [0.4, 0.5) is 16.3 Å². The van der Waals surface area contributed by atoms with Crippen molar-refractivity contribution >= 4 is 29.4 Å². The van der Waals surface area contributed by atoms with E-state index in [1.807, 2.05) is 61.5 Å². The number of carboxylic acid groups (broad SMARTS) is 1. The number of hydrogen-bond acceptors (Lipinski definition) is 6. The summed E-state index contributed by atoms with van der Waals surface area (Å²) in [6.07, 6.45) is 3.88. The van der Waals surface area contributed by atoms with Crippen molar-refractivity contribution in [2.75, 3.05) is 22.9 Å². The van der Waals surface area contributed by atoms with Crippen LogP contribution in [0.5, 0.6) is 0 Å². The Balaban J connectivity index is 1.35. The molecule has 0 bridgehead atoms. The number of carbonyl (C=O) groups excluding carboxylic acids is 2. The minimum absolute atomic E-state index is 0.00208. The van der Waals surface area contributed by atoms with Gasteiger partial charge in [-0.2, -0.15) is 0 Å². The molecule has 2 aromatic carbocycles. The molecule has 0 aliphatic carbocycles. The first kappa shape index (κ1) is 27.3. The summed E-state index contributed by atoms with van der Waals surface area (Å²) in [5.74, 6) is -1.31. The molecule has 6 rings (SSSR count). The van der Waals surface area contributed by atoms with Gasteiger partial charge in [0, 0.05) is 31.5 Å². The van der Waals surface area contributed by atoms with Crippen molar-refractivity contribution < 1.29 is 19.5 Å². The second-order valence-electron chi connectivity index (χ2n) is 10.8. The Labute approximate surface area is 244 Å². The molecule has 9 heteroatoms. The van der Waals surface area contributed by atoms with Crippen LogP contribution >= 0.6 is 0 Å². The number of aryl methyl sites for hydroxylation is 1. The number of benzene rings is 2. The van der Waals surface area contributed by atoms with Crippen LogP contribution in [0, 0.1) is 6.92 Å². The van der Waals surface area contributed by atoms with Crippen molar-refractivity contribution in [1.82, 2.24) is 14.9 Å². The van der Waals surface area contributed by atoms with Gasteiger partial charge in [-0.15, -0.1) is 0 Å². The van der Waals surface area contributed by atoms with Crippen LogP contribution in [-0.2, 0) is 4.79 Å². The molecule has 1 N–H and O–H groups in total. The minimum Gasteiger partial charge on any atom is -0.478 e. The van der Waals surface area contributed by atoms with Crippen LogP contribution in [0.15, 0.2) is 91.3 Å². The lowest BCUT2D eigenvalue weighted by molar-refractivity contribution is -0.123. The van der Waals surface area contributed by atoms with Gasteiger partial charge in [0.15, 0.2) is 0 Å². The number of urea groups is 1. The van der Waals surface area contributed by atoms with Gasteiger partial charge in [0.05, 0.1) is 16.9 Å². The van der Waals surface area contributed by atoms with Crippen LogP contribution in [0.25, 0.3) is 11.1 Å². The third-order valence-electron chi connectivity index (χ3n) is 8.48. The second kappa shape index (κ2) is 10.8. The maximum Gasteiger partial charge on any atom is 0.338 e. The van der Waals surface area contributed by atoms with Gasteiger partial charge in [-0.3, -0.25) is 19.6 Å². The zero-order valence-corrected chi connectivity index (χ0v) is 23.5. The maximum absolute atomic E-state index is 14.3. The average molecular weight is 562 g/mol. The highest BCUT2D eigenvalue weighted by Gasteiger charge is 2.60. The zero-order chi connectivity index (χ0) is 29.4. The fourth-order valence-electron chi connectivity index (χ4n) is 6.15. The molecule has 1 atom stereocenters. The van der Waals surface area contributed by atoms with E-state index in [0.717, 1.165) is 22.4 Å². The first-order chi connectivity index (χ1) is 20.3. The Hall–Kier alpha value is -4.89. The summed E-state index contributed by atoms with van der Waals surface area (Å²) in [6, 6.07) is 23.4. The van der Waals surface area contributed by atoms with Gasteiger partial charge in [-0.25, -0.2) is 19.5 Å². The largest absolute Gasteiger partial charge is 0.478 e. The number of amides is 3. The topological polar surface area (TPSA) is 107 Å². The smallest absolute Gasteiger partial charge is 0.338 e. The SMILES string of the molecule is Cc1cccnc1C(C)N1CCC2(CC1)C(=O)N(c1ccc(-c3ccccc3)cc1)C(=O)N2c1cc(C(=O)O)ccn1. The van der Waals surface area contributed by atoms with E-state index in [2.05, 4.69) is 21.8 Å². The molecule has 42 heavy (non-hydrogen) atoms. The predicted molar refractivity (Wildman–Crippen MR) is 159 cm³/mol. The van der Waals surface area contributed by atoms with Crippen molar-refractivity contribution in [2.45, 2.75) is 38.3 Å². The normalized spacial score (nSPS) is 17.6. The summed E-state index contributed by atoms with van der Waals surface area (Å²) in [6.45, 7) is 5.23. The fraction of sp³-hybridized carbons (Fsp3) is 0.242. The number of imide groups is 1. The van der Waals surface area contributed by atoms with Crippen LogP contribution in [0.1, 0.15) is 47.4 Å². The number of carboxylic acids is 1. The van der Waals surface area contributed by atoms with Crippen molar-refractivity contribution in [3.63, 3.8) is 0 Å². The fourth-order valence-corrected chi connectivity index (χ4v) is 6.15. The number of likely N-dealkylation sites (tertiary alicyclic amines) is 1. The molecule has 4 heterocycles. The maximum atomic E-state index is 14.3. The number of aromatic nitrogens is 2. The average Bonchev–Trinajstić information content (AvgIpc) is 3.22. The van der Waals surface area contributed by atoms with Crippen LogP contribution in [0.2, 0.25) is 0 Å². The molecule has 1 spiro atoms. The molecule has 212 valence electrons. The summed E-state index contributed by atoms with van der Waals surface area (Å²) < 4.78 is 0. The number of anilines is 2.